The zero-order valence-electron chi connectivity index (χ0n) is 15.3. The maximum atomic E-state index is 12.7. The van der Waals surface area contributed by atoms with Gasteiger partial charge in [0.05, 0.1) is 25.0 Å². The summed E-state index contributed by atoms with van der Waals surface area (Å²) in [7, 11) is 3.45. The maximum Gasteiger partial charge on any atom is 0.416 e. The molecule has 0 atom stereocenters. The van der Waals surface area contributed by atoms with Gasteiger partial charge < -0.3 is 4.74 Å². The maximum absolute atomic E-state index is 12.7. The van der Waals surface area contributed by atoms with E-state index in [2.05, 4.69) is 5.10 Å². The molecule has 1 heterocycles. The number of alkyl halides is 3. The lowest BCUT2D eigenvalue weighted by Gasteiger charge is -2.17. The van der Waals surface area contributed by atoms with Gasteiger partial charge in [0.2, 0.25) is 4.77 Å². The zero-order valence-corrected chi connectivity index (χ0v) is 16.2. The second kappa shape index (κ2) is 8.15. The highest BCUT2D eigenvalue weighted by Crippen LogP contribution is 2.29. The molecule has 0 N–H and O–H groups in total. The molecule has 148 valence electrons. The van der Waals surface area contributed by atoms with Crippen LogP contribution in [0.15, 0.2) is 54.9 Å². The molecule has 0 saturated heterocycles. The van der Waals surface area contributed by atoms with Crippen LogP contribution in [0.4, 0.5) is 13.2 Å². The van der Waals surface area contributed by atoms with Crippen molar-refractivity contribution in [2.24, 2.45) is 0 Å². The Balaban J connectivity index is 1.70. The van der Waals surface area contributed by atoms with Crippen molar-refractivity contribution in [2.45, 2.75) is 19.4 Å². The molecular formula is C19H19F3N4OS. The van der Waals surface area contributed by atoms with Gasteiger partial charge in [0.15, 0.2) is 0 Å². The minimum atomic E-state index is -4.33. The van der Waals surface area contributed by atoms with Gasteiger partial charge in [0.25, 0.3) is 0 Å². The van der Waals surface area contributed by atoms with Crippen molar-refractivity contribution in [3.63, 3.8) is 0 Å². The summed E-state index contributed by atoms with van der Waals surface area (Å²) in [6.07, 6.45) is -2.70. The Bertz CT molecular complexity index is 995. The third kappa shape index (κ3) is 4.60. The highest BCUT2D eigenvalue weighted by Gasteiger charge is 2.29. The molecule has 0 spiro atoms. The summed E-state index contributed by atoms with van der Waals surface area (Å²) in [6.45, 7) is 0.864. The standard InChI is InChI=1S/C19H19F3N4OS/c1-24(11-14-6-8-15(9-7-14)19(20,21)22)13-26-18(28)25(12-23-26)16-4-3-5-17(10-16)27-2/h3-10,12H,11,13H2,1-2H3. The molecule has 0 amide bonds. The quantitative estimate of drug-likeness (QED) is 0.562. The molecular weight excluding hydrogens is 389 g/mol. The lowest BCUT2D eigenvalue weighted by Crippen LogP contribution is -2.22. The number of rotatable bonds is 6. The summed E-state index contributed by atoms with van der Waals surface area (Å²) < 4.78 is 47.1. The Kier molecular flexibility index (Phi) is 5.85. The zero-order chi connectivity index (χ0) is 20.3. The molecule has 28 heavy (non-hydrogen) atoms. The Morgan fingerprint density at radius 2 is 1.86 bits per heavy atom. The van der Waals surface area contributed by atoms with E-state index >= 15 is 0 Å². The number of benzene rings is 2. The first-order valence-electron chi connectivity index (χ1n) is 8.41. The number of ether oxygens (including phenoxy) is 1. The molecule has 5 nitrogen and oxygen atoms in total. The third-order valence-electron chi connectivity index (χ3n) is 4.17. The van der Waals surface area contributed by atoms with Crippen LogP contribution in [-0.4, -0.2) is 33.4 Å². The van der Waals surface area contributed by atoms with E-state index in [1.54, 1.807) is 22.7 Å². The van der Waals surface area contributed by atoms with E-state index in [0.29, 0.717) is 23.7 Å². The molecule has 1 aromatic heterocycles. The fraction of sp³-hybridized carbons (Fsp3) is 0.263. The molecule has 3 rings (SSSR count). The predicted octanol–water partition coefficient (Wildman–Crippen LogP) is 4.52. The van der Waals surface area contributed by atoms with Crippen LogP contribution in [0, 0.1) is 4.77 Å². The number of hydrogen-bond donors (Lipinski definition) is 0. The molecule has 0 aliphatic carbocycles. The van der Waals surface area contributed by atoms with Crippen LogP contribution in [0.3, 0.4) is 0 Å². The molecule has 0 unspecified atom stereocenters. The molecule has 3 aromatic rings. The van der Waals surface area contributed by atoms with Gasteiger partial charge >= 0.3 is 6.18 Å². The van der Waals surface area contributed by atoms with Gasteiger partial charge in [-0.05, 0) is 49.1 Å². The lowest BCUT2D eigenvalue weighted by molar-refractivity contribution is -0.137. The van der Waals surface area contributed by atoms with E-state index in [9.17, 15) is 13.2 Å². The largest absolute Gasteiger partial charge is 0.497 e. The minimum absolute atomic E-state index is 0.400. The van der Waals surface area contributed by atoms with Gasteiger partial charge in [-0.25, -0.2) is 4.68 Å². The molecule has 0 saturated carbocycles. The van der Waals surface area contributed by atoms with E-state index in [-0.39, 0.29) is 0 Å². The Morgan fingerprint density at radius 3 is 2.50 bits per heavy atom. The van der Waals surface area contributed by atoms with Crippen LogP contribution in [0.25, 0.3) is 5.69 Å². The second-order valence-corrected chi connectivity index (χ2v) is 6.70. The minimum Gasteiger partial charge on any atom is -0.497 e. The monoisotopic (exact) mass is 408 g/mol. The summed E-state index contributed by atoms with van der Waals surface area (Å²) in [4.78, 5) is 1.92. The van der Waals surface area contributed by atoms with E-state index < -0.39 is 11.7 Å². The predicted molar refractivity (Wildman–Crippen MR) is 102 cm³/mol. The highest BCUT2D eigenvalue weighted by atomic mass is 32.1. The average Bonchev–Trinajstić information content (AvgIpc) is 3.02. The van der Waals surface area contributed by atoms with E-state index in [0.717, 1.165) is 23.4 Å². The van der Waals surface area contributed by atoms with Crippen molar-refractivity contribution in [1.29, 1.82) is 0 Å². The van der Waals surface area contributed by atoms with Gasteiger partial charge in [-0.3, -0.25) is 9.47 Å². The Hall–Kier alpha value is -2.65. The lowest BCUT2D eigenvalue weighted by atomic mass is 10.1. The normalized spacial score (nSPS) is 11.8. The van der Waals surface area contributed by atoms with Crippen molar-refractivity contribution >= 4 is 12.2 Å². The average molecular weight is 408 g/mol. The molecule has 0 aliphatic heterocycles. The summed E-state index contributed by atoms with van der Waals surface area (Å²) in [5.74, 6) is 0.714. The SMILES string of the molecule is COc1cccc(-n2cnn(CN(C)Cc3ccc(C(F)(F)F)cc3)c2=S)c1. The van der Waals surface area contributed by atoms with E-state index in [1.165, 1.54) is 12.1 Å². The summed E-state index contributed by atoms with van der Waals surface area (Å²) >= 11 is 5.50. The van der Waals surface area contributed by atoms with E-state index in [4.69, 9.17) is 17.0 Å². The van der Waals surface area contributed by atoms with Crippen LogP contribution >= 0.6 is 12.2 Å². The van der Waals surface area contributed by atoms with Crippen molar-refractivity contribution in [1.82, 2.24) is 19.2 Å². The molecule has 0 radical (unpaired) electrons. The summed E-state index contributed by atoms with van der Waals surface area (Å²) in [5.41, 5.74) is 0.952. The van der Waals surface area contributed by atoms with Gasteiger partial charge in [0, 0.05) is 12.6 Å². The smallest absolute Gasteiger partial charge is 0.416 e. The van der Waals surface area contributed by atoms with Gasteiger partial charge in [-0.15, -0.1) is 0 Å². The van der Waals surface area contributed by atoms with Crippen LogP contribution in [0.1, 0.15) is 11.1 Å². The first-order chi connectivity index (χ1) is 13.3. The second-order valence-electron chi connectivity index (χ2n) is 6.33. The Labute approximate surface area is 165 Å². The van der Waals surface area contributed by atoms with Crippen LogP contribution in [0.2, 0.25) is 0 Å². The number of halogens is 3. The van der Waals surface area contributed by atoms with Crippen LogP contribution < -0.4 is 4.74 Å². The van der Waals surface area contributed by atoms with Crippen molar-refractivity contribution in [2.75, 3.05) is 14.2 Å². The number of nitrogens with zero attached hydrogens (tertiary/aromatic N) is 4. The molecule has 9 heteroatoms. The fourth-order valence-electron chi connectivity index (χ4n) is 2.76. The highest BCUT2D eigenvalue weighted by molar-refractivity contribution is 7.71. The first kappa shape index (κ1) is 20.1. The summed E-state index contributed by atoms with van der Waals surface area (Å²) in [5, 5.41) is 4.32. The van der Waals surface area contributed by atoms with Crippen molar-refractivity contribution in [3.8, 4) is 11.4 Å². The topological polar surface area (TPSA) is 35.2 Å². The van der Waals surface area contributed by atoms with Gasteiger partial charge in [-0.1, -0.05) is 18.2 Å². The molecule has 2 aromatic carbocycles. The van der Waals surface area contributed by atoms with Gasteiger partial charge in [0.1, 0.15) is 12.1 Å². The van der Waals surface area contributed by atoms with Crippen LogP contribution in [-0.2, 0) is 19.4 Å². The molecule has 0 aliphatic rings. The molecule has 0 bridgehead atoms. The first-order valence-corrected chi connectivity index (χ1v) is 8.82. The fourth-order valence-corrected chi connectivity index (χ4v) is 3.02. The third-order valence-corrected chi connectivity index (χ3v) is 4.58. The van der Waals surface area contributed by atoms with E-state index in [1.807, 2.05) is 36.2 Å². The van der Waals surface area contributed by atoms with Crippen LogP contribution in [0.5, 0.6) is 5.75 Å². The van der Waals surface area contributed by atoms with Gasteiger partial charge in [-0.2, -0.15) is 18.3 Å². The Morgan fingerprint density at radius 1 is 1.14 bits per heavy atom. The summed E-state index contributed by atoms with van der Waals surface area (Å²) in [6, 6.07) is 12.6. The number of hydrogen-bond acceptors (Lipinski definition) is 4. The molecule has 0 fully saturated rings. The van der Waals surface area contributed by atoms with Crippen molar-refractivity contribution < 1.29 is 17.9 Å². The number of methoxy groups -OCH3 is 1. The number of aromatic nitrogens is 3. The van der Waals surface area contributed by atoms with Crippen molar-refractivity contribution in [3.05, 3.63) is 70.8 Å².